The maximum absolute atomic E-state index is 12.1. The van der Waals surface area contributed by atoms with E-state index in [1.807, 2.05) is 0 Å². The monoisotopic (exact) mass is 271 g/mol. The molecule has 0 saturated carbocycles. The first kappa shape index (κ1) is 15.0. The number of nitriles is 1. The van der Waals surface area contributed by atoms with E-state index in [1.54, 1.807) is 36.4 Å². The van der Waals surface area contributed by atoms with E-state index >= 15 is 0 Å². The van der Waals surface area contributed by atoms with E-state index in [9.17, 15) is 18.0 Å². The number of esters is 1. The van der Waals surface area contributed by atoms with Gasteiger partial charge in [-0.05, 0) is 18.6 Å². The Morgan fingerprint density at radius 1 is 1.32 bits per heavy atom. The van der Waals surface area contributed by atoms with E-state index in [0.717, 1.165) is 0 Å². The Labute approximate surface area is 108 Å². The number of hydrogen-bond donors (Lipinski definition) is 0. The van der Waals surface area contributed by atoms with Crippen LogP contribution in [0.3, 0.4) is 0 Å². The quantitative estimate of drug-likeness (QED) is 0.772. The molecule has 0 amide bonds. The fraction of sp³-hybridized carbons (Fsp3) is 0.385. The second-order valence-electron chi connectivity index (χ2n) is 3.94. The average molecular weight is 271 g/mol. The fourth-order valence-electron chi connectivity index (χ4n) is 1.44. The van der Waals surface area contributed by atoms with Gasteiger partial charge in [0.1, 0.15) is 0 Å². The van der Waals surface area contributed by atoms with Gasteiger partial charge in [-0.2, -0.15) is 18.4 Å². The zero-order valence-corrected chi connectivity index (χ0v) is 9.98. The van der Waals surface area contributed by atoms with Crippen molar-refractivity contribution >= 4 is 5.97 Å². The van der Waals surface area contributed by atoms with Crippen molar-refractivity contribution in [2.75, 3.05) is 6.61 Å². The summed E-state index contributed by atoms with van der Waals surface area (Å²) >= 11 is 0. The summed E-state index contributed by atoms with van der Waals surface area (Å²) in [4.78, 5) is 11.5. The highest BCUT2D eigenvalue weighted by Crippen LogP contribution is 2.26. The van der Waals surface area contributed by atoms with E-state index < -0.39 is 24.5 Å². The Balaban J connectivity index is 2.38. The van der Waals surface area contributed by atoms with E-state index in [4.69, 9.17) is 10.00 Å². The molecule has 1 rings (SSSR count). The maximum Gasteiger partial charge on any atom is 0.390 e. The summed E-state index contributed by atoms with van der Waals surface area (Å²) in [5, 5.41) is 8.58. The Morgan fingerprint density at radius 3 is 2.47 bits per heavy atom. The zero-order valence-electron chi connectivity index (χ0n) is 9.98. The maximum atomic E-state index is 12.1. The molecule has 0 spiro atoms. The van der Waals surface area contributed by atoms with Crippen molar-refractivity contribution < 1.29 is 22.7 Å². The van der Waals surface area contributed by atoms with Crippen LogP contribution in [0, 0.1) is 17.2 Å². The Kier molecular flexibility index (Phi) is 5.37. The van der Waals surface area contributed by atoms with Gasteiger partial charge in [-0.1, -0.05) is 18.2 Å². The molecule has 6 heteroatoms. The standard InChI is InChI=1S/C13H12F3NO2/c14-13(15,16)8-10(9-17)6-7-19-12(18)11-4-2-1-3-5-11/h1-5,10H,6-8H2/t10-/m1/s1. The number of benzene rings is 1. The van der Waals surface area contributed by atoms with E-state index in [2.05, 4.69) is 0 Å². The Bertz CT molecular complexity index is 451. The summed E-state index contributed by atoms with van der Waals surface area (Å²) in [5.74, 6) is -1.80. The zero-order chi connectivity index (χ0) is 14.3. The summed E-state index contributed by atoms with van der Waals surface area (Å²) < 4.78 is 41.1. The van der Waals surface area contributed by atoms with Gasteiger partial charge < -0.3 is 4.74 Å². The van der Waals surface area contributed by atoms with Gasteiger partial charge in [0.25, 0.3) is 0 Å². The molecule has 0 heterocycles. The van der Waals surface area contributed by atoms with Gasteiger partial charge in [0.05, 0.1) is 30.6 Å². The SMILES string of the molecule is N#C[C@H](CCOC(=O)c1ccccc1)CC(F)(F)F. The molecular formula is C13H12F3NO2. The third-order valence-electron chi connectivity index (χ3n) is 2.37. The molecule has 19 heavy (non-hydrogen) atoms. The lowest BCUT2D eigenvalue weighted by atomic mass is 10.0. The highest BCUT2D eigenvalue weighted by molar-refractivity contribution is 5.89. The van der Waals surface area contributed by atoms with Crippen LogP contribution in [-0.2, 0) is 4.74 Å². The van der Waals surface area contributed by atoms with Crippen molar-refractivity contribution in [2.24, 2.45) is 5.92 Å². The molecule has 0 bridgehead atoms. The molecular weight excluding hydrogens is 259 g/mol. The van der Waals surface area contributed by atoms with Crippen molar-refractivity contribution in [2.45, 2.75) is 19.0 Å². The number of carbonyl (C=O) groups excluding carboxylic acids is 1. The lowest BCUT2D eigenvalue weighted by Crippen LogP contribution is -2.16. The minimum Gasteiger partial charge on any atom is -0.462 e. The number of hydrogen-bond acceptors (Lipinski definition) is 3. The molecule has 0 N–H and O–H groups in total. The predicted octanol–water partition coefficient (Wildman–Crippen LogP) is 3.33. The summed E-state index contributed by atoms with van der Waals surface area (Å²) in [5.41, 5.74) is 0.326. The van der Waals surface area contributed by atoms with Gasteiger partial charge in [0.15, 0.2) is 0 Å². The highest BCUT2D eigenvalue weighted by Gasteiger charge is 2.31. The van der Waals surface area contributed by atoms with Crippen LogP contribution < -0.4 is 0 Å². The summed E-state index contributed by atoms with van der Waals surface area (Å²) in [6.07, 6.45) is -5.70. The summed E-state index contributed by atoms with van der Waals surface area (Å²) in [6, 6.07) is 9.67. The minimum absolute atomic E-state index is 0.130. The Morgan fingerprint density at radius 2 is 1.95 bits per heavy atom. The van der Waals surface area contributed by atoms with Crippen molar-refractivity contribution in [1.29, 1.82) is 5.26 Å². The second kappa shape index (κ2) is 6.78. The molecule has 0 aliphatic heterocycles. The van der Waals surface area contributed by atoms with Crippen LogP contribution in [0.4, 0.5) is 13.2 Å². The van der Waals surface area contributed by atoms with Crippen LogP contribution in [0.1, 0.15) is 23.2 Å². The van der Waals surface area contributed by atoms with Gasteiger partial charge in [-0.3, -0.25) is 0 Å². The van der Waals surface area contributed by atoms with Crippen molar-refractivity contribution in [3.63, 3.8) is 0 Å². The molecule has 1 atom stereocenters. The van der Waals surface area contributed by atoms with Crippen LogP contribution in [0.5, 0.6) is 0 Å². The third kappa shape index (κ3) is 5.91. The van der Waals surface area contributed by atoms with E-state index in [1.165, 1.54) is 0 Å². The van der Waals surface area contributed by atoms with E-state index in [-0.39, 0.29) is 13.0 Å². The van der Waals surface area contributed by atoms with Gasteiger partial charge in [0.2, 0.25) is 0 Å². The lowest BCUT2D eigenvalue weighted by Gasteiger charge is -2.11. The number of ether oxygens (including phenoxy) is 1. The van der Waals surface area contributed by atoms with Crippen molar-refractivity contribution in [3.05, 3.63) is 35.9 Å². The Hall–Kier alpha value is -2.03. The van der Waals surface area contributed by atoms with Gasteiger partial charge in [-0.25, -0.2) is 4.79 Å². The fourth-order valence-corrected chi connectivity index (χ4v) is 1.44. The van der Waals surface area contributed by atoms with Crippen molar-refractivity contribution in [3.8, 4) is 6.07 Å². The second-order valence-corrected chi connectivity index (χ2v) is 3.94. The van der Waals surface area contributed by atoms with Gasteiger partial charge >= 0.3 is 12.1 Å². The molecule has 0 fully saturated rings. The molecule has 102 valence electrons. The summed E-state index contributed by atoms with van der Waals surface area (Å²) in [7, 11) is 0. The smallest absolute Gasteiger partial charge is 0.390 e. The van der Waals surface area contributed by atoms with Gasteiger partial charge in [0, 0.05) is 0 Å². The van der Waals surface area contributed by atoms with E-state index in [0.29, 0.717) is 5.56 Å². The number of nitrogens with zero attached hydrogens (tertiary/aromatic N) is 1. The lowest BCUT2D eigenvalue weighted by molar-refractivity contribution is -0.141. The molecule has 0 radical (unpaired) electrons. The van der Waals surface area contributed by atoms with Crippen LogP contribution in [0.25, 0.3) is 0 Å². The predicted molar refractivity (Wildman–Crippen MR) is 61.1 cm³/mol. The number of rotatable bonds is 5. The first-order valence-corrected chi connectivity index (χ1v) is 5.61. The molecule has 0 saturated heterocycles. The molecule has 0 aliphatic rings. The molecule has 0 unspecified atom stereocenters. The molecule has 1 aromatic rings. The van der Waals surface area contributed by atoms with Gasteiger partial charge in [-0.15, -0.1) is 0 Å². The van der Waals surface area contributed by atoms with Crippen LogP contribution >= 0.6 is 0 Å². The van der Waals surface area contributed by atoms with Crippen LogP contribution in [0.15, 0.2) is 30.3 Å². The first-order valence-electron chi connectivity index (χ1n) is 5.61. The number of halogens is 3. The third-order valence-corrected chi connectivity index (χ3v) is 2.37. The molecule has 0 aliphatic carbocycles. The van der Waals surface area contributed by atoms with Crippen LogP contribution in [0.2, 0.25) is 0 Å². The minimum atomic E-state index is -4.39. The first-order chi connectivity index (χ1) is 8.92. The number of carbonyl (C=O) groups is 1. The molecule has 3 nitrogen and oxygen atoms in total. The van der Waals surface area contributed by atoms with Crippen molar-refractivity contribution in [1.82, 2.24) is 0 Å². The largest absolute Gasteiger partial charge is 0.462 e. The average Bonchev–Trinajstić information content (AvgIpc) is 2.37. The number of alkyl halides is 3. The normalized spacial score (nSPS) is 12.5. The molecule has 0 aromatic heterocycles. The molecule has 1 aromatic carbocycles. The summed E-state index contributed by atoms with van der Waals surface area (Å²) in [6.45, 7) is -0.206. The van der Waals surface area contributed by atoms with Crippen LogP contribution in [-0.4, -0.2) is 18.8 Å². The highest BCUT2D eigenvalue weighted by atomic mass is 19.4. The topological polar surface area (TPSA) is 50.1 Å².